The summed E-state index contributed by atoms with van der Waals surface area (Å²) >= 11 is 11.6. The minimum Gasteiger partial charge on any atom is -0.466 e. The second-order valence-corrected chi connectivity index (χ2v) is 5.47. The van der Waals surface area contributed by atoms with Crippen LogP contribution in [0.25, 0.3) is 0 Å². The van der Waals surface area contributed by atoms with E-state index in [0.717, 1.165) is 12.8 Å². The van der Waals surface area contributed by atoms with E-state index in [1.54, 1.807) is 11.8 Å². The van der Waals surface area contributed by atoms with Crippen LogP contribution in [-0.4, -0.2) is 41.5 Å². The molecule has 0 aromatic carbocycles. The summed E-state index contributed by atoms with van der Waals surface area (Å²) in [7, 11) is 0. The Hall–Kier alpha value is -1.20. The van der Waals surface area contributed by atoms with Gasteiger partial charge in [-0.25, -0.2) is 0 Å². The van der Waals surface area contributed by atoms with Crippen LogP contribution < -0.4 is 0 Å². The number of carbonyl (C=O) groups is 2. The van der Waals surface area contributed by atoms with Crippen molar-refractivity contribution in [1.29, 1.82) is 0 Å². The van der Waals surface area contributed by atoms with E-state index < -0.39 is 0 Å². The number of amides is 1. The van der Waals surface area contributed by atoms with E-state index >= 15 is 0 Å². The van der Waals surface area contributed by atoms with E-state index in [9.17, 15) is 9.59 Å². The maximum absolute atomic E-state index is 12.3. The van der Waals surface area contributed by atoms with Crippen molar-refractivity contribution in [2.75, 3.05) is 19.7 Å². The number of H-pyrrole nitrogens is 1. The van der Waals surface area contributed by atoms with Crippen LogP contribution in [0.15, 0.2) is 6.07 Å². The highest BCUT2D eigenvalue weighted by atomic mass is 35.5. The molecular formula is C13H16Cl2N2O3. The average molecular weight is 319 g/mol. The SMILES string of the molecule is CCOC(=O)[C@H]1CCCN(C(=O)c2cc(Cl)c(Cl)[nH]2)C1. The second kappa shape index (κ2) is 6.50. The van der Waals surface area contributed by atoms with Crippen LogP contribution in [0, 0.1) is 5.92 Å². The molecular weight excluding hydrogens is 303 g/mol. The van der Waals surface area contributed by atoms with E-state index in [0.29, 0.717) is 30.4 Å². The molecule has 1 aromatic heterocycles. The van der Waals surface area contributed by atoms with Crippen molar-refractivity contribution in [2.45, 2.75) is 19.8 Å². The van der Waals surface area contributed by atoms with Gasteiger partial charge in [0, 0.05) is 13.1 Å². The van der Waals surface area contributed by atoms with E-state index in [2.05, 4.69) is 4.98 Å². The first-order chi connectivity index (χ1) is 9.52. The second-order valence-electron chi connectivity index (χ2n) is 4.69. The standard InChI is InChI=1S/C13H16Cl2N2O3/c1-2-20-13(19)8-4-3-5-17(7-8)12(18)10-6-9(14)11(15)16-10/h6,8,16H,2-5,7H2,1H3/t8-/m0/s1. The Balaban J connectivity index is 2.05. The highest BCUT2D eigenvalue weighted by Gasteiger charge is 2.30. The van der Waals surface area contributed by atoms with Gasteiger partial charge in [0.05, 0.1) is 17.5 Å². The first-order valence-corrected chi connectivity index (χ1v) is 7.28. The Morgan fingerprint density at radius 3 is 2.85 bits per heavy atom. The van der Waals surface area contributed by atoms with Gasteiger partial charge >= 0.3 is 5.97 Å². The van der Waals surface area contributed by atoms with Crippen molar-refractivity contribution in [3.63, 3.8) is 0 Å². The normalized spacial score (nSPS) is 18.9. The quantitative estimate of drug-likeness (QED) is 0.872. The molecule has 0 unspecified atom stereocenters. The number of nitrogens with zero attached hydrogens (tertiary/aromatic N) is 1. The summed E-state index contributed by atoms with van der Waals surface area (Å²) in [5, 5.41) is 0.558. The molecule has 0 aliphatic carbocycles. The Labute approximate surface area is 127 Å². The summed E-state index contributed by atoms with van der Waals surface area (Å²) in [5.74, 6) is -0.700. The summed E-state index contributed by atoms with van der Waals surface area (Å²) in [6.45, 7) is 3.10. The number of likely N-dealkylation sites (tertiary alicyclic amines) is 1. The molecule has 0 spiro atoms. The molecule has 7 heteroatoms. The summed E-state index contributed by atoms with van der Waals surface area (Å²) in [6.07, 6.45) is 1.52. The molecule has 1 aliphatic heterocycles. The van der Waals surface area contributed by atoms with Gasteiger partial charge in [0.2, 0.25) is 0 Å². The predicted octanol–water partition coefficient (Wildman–Crippen LogP) is 2.74. The van der Waals surface area contributed by atoms with Crippen molar-refractivity contribution < 1.29 is 14.3 Å². The van der Waals surface area contributed by atoms with Crippen LogP contribution in [0.3, 0.4) is 0 Å². The van der Waals surface area contributed by atoms with Gasteiger partial charge in [-0.05, 0) is 25.8 Å². The maximum atomic E-state index is 12.3. The number of esters is 1. The fourth-order valence-electron chi connectivity index (χ4n) is 2.30. The van der Waals surface area contributed by atoms with E-state index in [-0.39, 0.29) is 22.9 Å². The molecule has 0 saturated carbocycles. The molecule has 1 fully saturated rings. The molecule has 2 rings (SSSR count). The number of ether oxygens (including phenoxy) is 1. The van der Waals surface area contributed by atoms with Crippen molar-refractivity contribution in [2.24, 2.45) is 5.92 Å². The third-order valence-electron chi connectivity index (χ3n) is 3.28. The number of nitrogens with one attached hydrogen (secondary N) is 1. The lowest BCUT2D eigenvalue weighted by molar-refractivity contribution is -0.149. The van der Waals surface area contributed by atoms with E-state index in [4.69, 9.17) is 27.9 Å². The molecule has 1 aromatic rings. The molecule has 1 aliphatic rings. The summed E-state index contributed by atoms with van der Waals surface area (Å²) < 4.78 is 5.01. The molecule has 5 nitrogen and oxygen atoms in total. The first-order valence-electron chi connectivity index (χ1n) is 6.52. The van der Waals surface area contributed by atoms with Crippen molar-refractivity contribution in [1.82, 2.24) is 9.88 Å². The van der Waals surface area contributed by atoms with Gasteiger partial charge in [-0.1, -0.05) is 23.2 Å². The van der Waals surface area contributed by atoms with Gasteiger partial charge in [0.25, 0.3) is 5.91 Å². The van der Waals surface area contributed by atoms with E-state index in [1.165, 1.54) is 6.07 Å². The number of rotatable bonds is 3. The van der Waals surface area contributed by atoms with Gasteiger partial charge in [0.15, 0.2) is 0 Å². The van der Waals surface area contributed by atoms with Crippen LogP contribution in [0.4, 0.5) is 0 Å². The molecule has 1 N–H and O–H groups in total. The minimum atomic E-state index is -0.256. The summed E-state index contributed by atoms with van der Waals surface area (Å²) in [4.78, 5) is 28.4. The van der Waals surface area contributed by atoms with Crippen LogP contribution in [0.5, 0.6) is 0 Å². The highest BCUT2D eigenvalue weighted by Crippen LogP contribution is 2.24. The molecule has 0 bridgehead atoms. The molecule has 1 atom stereocenters. The zero-order chi connectivity index (χ0) is 14.7. The van der Waals surface area contributed by atoms with Gasteiger partial charge in [-0.3, -0.25) is 9.59 Å². The summed E-state index contributed by atoms with van der Waals surface area (Å²) in [6, 6.07) is 1.50. The lowest BCUT2D eigenvalue weighted by Crippen LogP contribution is -2.42. The molecule has 1 saturated heterocycles. The Morgan fingerprint density at radius 1 is 1.50 bits per heavy atom. The lowest BCUT2D eigenvalue weighted by atomic mass is 9.98. The van der Waals surface area contributed by atoms with Crippen LogP contribution in [-0.2, 0) is 9.53 Å². The van der Waals surface area contributed by atoms with Gasteiger partial charge in [0.1, 0.15) is 10.8 Å². The number of piperidine rings is 1. The number of hydrogen-bond acceptors (Lipinski definition) is 3. The van der Waals surface area contributed by atoms with E-state index in [1.807, 2.05) is 0 Å². The van der Waals surface area contributed by atoms with Crippen molar-refractivity contribution >= 4 is 35.1 Å². The number of aromatic nitrogens is 1. The largest absolute Gasteiger partial charge is 0.466 e. The fraction of sp³-hybridized carbons (Fsp3) is 0.538. The monoisotopic (exact) mass is 318 g/mol. The number of halogens is 2. The van der Waals surface area contributed by atoms with Gasteiger partial charge < -0.3 is 14.6 Å². The van der Waals surface area contributed by atoms with Crippen LogP contribution in [0.1, 0.15) is 30.3 Å². The molecule has 0 radical (unpaired) electrons. The maximum Gasteiger partial charge on any atom is 0.310 e. The minimum absolute atomic E-state index is 0.201. The van der Waals surface area contributed by atoms with Crippen LogP contribution >= 0.6 is 23.2 Å². The highest BCUT2D eigenvalue weighted by molar-refractivity contribution is 6.41. The van der Waals surface area contributed by atoms with Crippen LogP contribution in [0.2, 0.25) is 10.2 Å². The number of carbonyl (C=O) groups excluding carboxylic acids is 2. The zero-order valence-electron chi connectivity index (χ0n) is 11.1. The molecule has 110 valence electrons. The molecule has 20 heavy (non-hydrogen) atoms. The van der Waals surface area contributed by atoms with Gasteiger partial charge in [-0.2, -0.15) is 0 Å². The fourth-order valence-corrected chi connectivity index (χ4v) is 2.62. The smallest absolute Gasteiger partial charge is 0.310 e. The number of aromatic amines is 1. The average Bonchev–Trinajstić information content (AvgIpc) is 2.78. The molecule has 2 heterocycles. The Kier molecular flexibility index (Phi) is 4.94. The van der Waals surface area contributed by atoms with Crippen molar-refractivity contribution in [3.8, 4) is 0 Å². The predicted molar refractivity (Wildman–Crippen MR) is 76.1 cm³/mol. The Bertz CT molecular complexity index is 496. The third-order valence-corrected chi connectivity index (χ3v) is 3.98. The topological polar surface area (TPSA) is 62.4 Å². The third kappa shape index (κ3) is 3.27. The van der Waals surface area contributed by atoms with Crippen molar-refractivity contribution in [3.05, 3.63) is 21.9 Å². The first kappa shape index (κ1) is 15.2. The van der Waals surface area contributed by atoms with Gasteiger partial charge in [-0.15, -0.1) is 0 Å². The Morgan fingerprint density at radius 2 is 2.25 bits per heavy atom. The lowest BCUT2D eigenvalue weighted by Gasteiger charge is -2.31. The summed E-state index contributed by atoms with van der Waals surface area (Å²) in [5.41, 5.74) is 0.338. The molecule has 1 amide bonds. The number of hydrogen-bond donors (Lipinski definition) is 1. The zero-order valence-corrected chi connectivity index (χ0v) is 12.6.